The highest BCUT2D eigenvalue weighted by molar-refractivity contribution is 6.34. The number of hydrogen-bond donors (Lipinski definition) is 2. The fourth-order valence-corrected chi connectivity index (χ4v) is 5.18. The van der Waals surface area contributed by atoms with Crippen molar-refractivity contribution in [3.8, 4) is 0 Å². The van der Waals surface area contributed by atoms with Crippen molar-refractivity contribution in [3.05, 3.63) is 57.6 Å². The smallest absolute Gasteiger partial charge is 0.378 e. The van der Waals surface area contributed by atoms with Gasteiger partial charge in [-0.3, -0.25) is 4.79 Å². The van der Waals surface area contributed by atoms with Gasteiger partial charge in [-0.1, -0.05) is 36.2 Å². The lowest BCUT2D eigenvalue weighted by Gasteiger charge is -2.30. The number of aromatic nitrogens is 1. The molecule has 38 heavy (non-hydrogen) atoms. The van der Waals surface area contributed by atoms with E-state index < -0.39 is 17.5 Å². The third kappa shape index (κ3) is 5.24. The Morgan fingerprint density at radius 1 is 1.11 bits per heavy atom. The van der Waals surface area contributed by atoms with Gasteiger partial charge in [0.25, 0.3) is 0 Å². The number of anilines is 3. The number of nitrogens with one attached hydrogen (secondary N) is 2. The summed E-state index contributed by atoms with van der Waals surface area (Å²) in [5.41, 5.74) is 1.64. The summed E-state index contributed by atoms with van der Waals surface area (Å²) >= 11 is 13.1. The number of aryl methyl sites for hydroxylation is 1. The first-order valence-corrected chi connectivity index (χ1v) is 13.2. The van der Waals surface area contributed by atoms with Gasteiger partial charge in [0.2, 0.25) is 5.91 Å². The Balaban J connectivity index is 1.37. The lowest BCUT2D eigenvalue weighted by Crippen LogP contribution is -2.40. The van der Waals surface area contributed by atoms with E-state index in [1.165, 1.54) is 0 Å². The van der Waals surface area contributed by atoms with Gasteiger partial charge >= 0.3 is 6.18 Å². The SMILES string of the molecule is CCc1cc(Nc2cc(CNC(=O)C3(C(F)(F)F)CC3)ccc2Cl)nc2cc(Cl)c(N3CCOCC3)cc12. The Morgan fingerprint density at radius 2 is 1.84 bits per heavy atom. The molecule has 5 rings (SSSR count). The van der Waals surface area contributed by atoms with Crippen molar-refractivity contribution in [3.63, 3.8) is 0 Å². The Morgan fingerprint density at radius 3 is 2.50 bits per heavy atom. The average Bonchev–Trinajstić information content (AvgIpc) is 3.71. The van der Waals surface area contributed by atoms with Gasteiger partial charge in [-0.05, 0) is 60.7 Å². The van der Waals surface area contributed by atoms with Crippen molar-refractivity contribution in [2.75, 3.05) is 36.5 Å². The molecule has 1 aromatic heterocycles. The number of alkyl halides is 3. The van der Waals surface area contributed by atoms with Gasteiger partial charge in [-0.25, -0.2) is 4.98 Å². The maximum absolute atomic E-state index is 13.2. The van der Waals surface area contributed by atoms with E-state index in [0.29, 0.717) is 40.3 Å². The molecule has 2 N–H and O–H groups in total. The quantitative estimate of drug-likeness (QED) is 0.335. The van der Waals surface area contributed by atoms with Crippen LogP contribution in [0.25, 0.3) is 10.9 Å². The second-order valence-electron chi connectivity index (χ2n) is 9.64. The highest BCUT2D eigenvalue weighted by Crippen LogP contribution is 2.57. The average molecular weight is 567 g/mol. The number of benzene rings is 2. The van der Waals surface area contributed by atoms with Gasteiger partial charge in [-0.15, -0.1) is 0 Å². The molecule has 11 heteroatoms. The van der Waals surface area contributed by atoms with Crippen LogP contribution in [0, 0.1) is 5.41 Å². The number of amides is 1. The van der Waals surface area contributed by atoms with Crippen LogP contribution in [0.2, 0.25) is 10.0 Å². The Kier molecular flexibility index (Phi) is 7.37. The largest absolute Gasteiger partial charge is 0.403 e. The summed E-state index contributed by atoms with van der Waals surface area (Å²) in [5.74, 6) is -0.437. The number of pyridine rings is 1. The van der Waals surface area contributed by atoms with E-state index in [2.05, 4.69) is 28.5 Å². The number of fused-ring (bicyclic) bond motifs is 1. The number of morpholine rings is 1. The molecule has 0 bridgehead atoms. The highest BCUT2D eigenvalue weighted by atomic mass is 35.5. The van der Waals surface area contributed by atoms with Gasteiger partial charge in [0.05, 0.1) is 40.2 Å². The van der Waals surface area contributed by atoms with E-state index in [-0.39, 0.29) is 19.4 Å². The van der Waals surface area contributed by atoms with Crippen LogP contribution in [0.1, 0.15) is 30.9 Å². The minimum atomic E-state index is -4.55. The van der Waals surface area contributed by atoms with Crippen LogP contribution in [-0.2, 0) is 22.5 Å². The molecule has 1 aliphatic carbocycles. The molecule has 6 nitrogen and oxygen atoms in total. The number of rotatable bonds is 7. The van der Waals surface area contributed by atoms with Crippen LogP contribution >= 0.6 is 23.2 Å². The van der Waals surface area contributed by atoms with Crippen LogP contribution in [0.15, 0.2) is 36.4 Å². The van der Waals surface area contributed by atoms with Gasteiger partial charge in [-0.2, -0.15) is 13.2 Å². The molecule has 1 saturated carbocycles. The van der Waals surface area contributed by atoms with Gasteiger partial charge < -0.3 is 20.3 Å². The first-order valence-electron chi connectivity index (χ1n) is 12.5. The van der Waals surface area contributed by atoms with Crippen molar-refractivity contribution < 1.29 is 22.7 Å². The Hall–Kier alpha value is -2.75. The monoisotopic (exact) mass is 566 g/mol. The van der Waals surface area contributed by atoms with Crippen LogP contribution < -0.4 is 15.5 Å². The molecule has 2 fully saturated rings. The zero-order chi connectivity index (χ0) is 27.1. The molecule has 1 aliphatic heterocycles. The van der Waals surface area contributed by atoms with E-state index in [9.17, 15) is 18.0 Å². The summed E-state index contributed by atoms with van der Waals surface area (Å²) in [6, 6.07) is 10.9. The molecule has 0 spiro atoms. The summed E-state index contributed by atoms with van der Waals surface area (Å²) in [6.45, 7) is 4.86. The molecule has 3 aromatic rings. The first kappa shape index (κ1) is 26.8. The molecule has 1 saturated heterocycles. The van der Waals surface area contributed by atoms with Crippen LogP contribution in [0.3, 0.4) is 0 Å². The minimum absolute atomic E-state index is 0.0478. The number of hydrogen-bond acceptors (Lipinski definition) is 5. The molecular formula is C27H27Cl2F3N4O2. The topological polar surface area (TPSA) is 66.5 Å². The standard InChI is InChI=1S/C27H27Cl2F3N4O2/c1-2-17-12-24(34-21-14-20(29)23(13-18(17)21)36-7-9-38-10-8-36)35-22-11-16(3-4-19(22)28)15-33-25(37)26(5-6-26)27(30,31)32/h3-4,11-14H,2,5-10,15H2,1H3,(H,33,37)(H,34,35). The number of carbonyl (C=O) groups is 1. The fraction of sp³-hybridized carbons (Fsp3) is 0.407. The van der Waals surface area contributed by atoms with E-state index in [4.69, 9.17) is 32.9 Å². The molecule has 0 unspecified atom stereocenters. The third-order valence-corrected chi connectivity index (χ3v) is 7.80. The van der Waals surface area contributed by atoms with Crippen LogP contribution in [-0.4, -0.2) is 43.4 Å². The molecule has 0 atom stereocenters. The van der Waals surface area contributed by atoms with Crippen LogP contribution in [0.4, 0.5) is 30.4 Å². The van der Waals surface area contributed by atoms with Gasteiger partial charge in [0.15, 0.2) is 0 Å². The molecule has 2 heterocycles. The predicted octanol–water partition coefficient (Wildman–Crippen LogP) is 6.64. The Labute approximate surface area is 228 Å². The molecule has 2 aliphatic rings. The van der Waals surface area contributed by atoms with E-state index in [1.54, 1.807) is 18.2 Å². The number of nitrogens with zero attached hydrogens (tertiary/aromatic N) is 2. The summed E-state index contributed by atoms with van der Waals surface area (Å²) in [7, 11) is 0. The lowest BCUT2D eigenvalue weighted by molar-refractivity contribution is -0.192. The molecular weight excluding hydrogens is 540 g/mol. The first-order chi connectivity index (χ1) is 18.1. The van der Waals surface area contributed by atoms with E-state index in [0.717, 1.165) is 41.7 Å². The summed E-state index contributed by atoms with van der Waals surface area (Å²) in [4.78, 5) is 19.2. The number of halogens is 5. The molecule has 1 amide bonds. The predicted molar refractivity (Wildman–Crippen MR) is 143 cm³/mol. The van der Waals surface area contributed by atoms with Crippen molar-refractivity contribution in [1.82, 2.24) is 10.3 Å². The summed E-state index contributed by atoms with van der Waals surface area (Å²) in [5, 5.41) is 7.68. The maximum atomic E-state index is 13.2. The van der Waals surface area contributed by atoms with Crippen molar-refractivity contribution in [1.29, 1.82) is 0 Å². The van der Waals surface area contributed by atoms with Crippen LogP contribution in [0.5, 0.6) is 0 Å². The van der Waals surface area contributed by atoms with Gasteiger partial charge in [0, 0.05) is 25.0 Å². The molecule has 202 valence electrons. The third-order valence-electron chi connectivity index (χ3n) is 7.17. The lowest BCUT2D eigenvalue weighted by atomic mass is 10.0. The molecule has 2 aromatic carbocycles. The second kappa shape index (κ2) is 10.4. The second-order valence-corrected chi connectivity index (χ2v) is 10.5. The molecule has 0 radical (unpaired) electrons. The van der Waals surface area contributed by atoms with Crippen molar-refractivity contribution >= 4 is 57.2 Å². The zero-order valence-electron chi connectivity index (χ0n) is 20.7. The van der Waals surface area contributed by atoms with Crippen molar-refractivity contribution in [2.24, 2.45) is 5.41 Å². The van der Waals surface area contributed by atoms with E-state index >= 15 is 0 Å². The summed E-state index contributed by atoms with van der Waals surface area (Å²) in [6.07, 6.45) is -4.14. The van der Waals surface area contributed by atoms with Crippen molar-refractivity contribution in [2.45, 2.75) is 38.9 Å². The normalized spacial score (nSPS) is 16.9. The summed E-state index contributed by atoms with van der Waals surface area (Å²) < 4.78 is 45.2. The number of carbonyl (C=O) groups excluding carboxylic acids is 1. The highest BCUT2D eigenvalue weighted by Gasteiger charge is 2.68. The maximum Gasteiger partial charge on any atom is 0.403 e. The van der Waals surface area contributed by atoms with Gasteiger partial charge in [0.1, 0.15) is 11.2 Å². The Bertz CT molecular complexity index is 1370. The number of ether oxygens (including phenoxy) is 1. The van der Waals surface area contributed by atoms with E-state index in [1.807, 2.05) is 12.1 Å². The fourth-order valence-electron chi connectivity index (χ4n) is 4.74. The minimum Gasteiger partial charge on any atom is -0.378 e. The zero-order valence-corrected chi connectivity index (χ0v) is 22.2.